The minimum atomic E-state index is 0.873. The molecule has 118 valence electrons. The van der Waals surface area contributed by atoms with E-state index in [4.69, 9.17) is 4.52 Å². The van der Waals surface area contributed by atoms with Crippen LogP contribution in [0.1, 0.15) is 28.1 Å². The van der Waals surface area contributed by atoms with Gasteiger partial charge >= 0.3 is 0 Å². The molecule has 0 amide bonds. The summed E-state index contributed by atoms with van der Waals surface area (Å²) in [4.78, 5) is 4.99. The fraction of sp³-hybridized carbons (Fsp3) is 0.500. The van der Waals surface area contributed by atoms with Gasteiger partial charge in [0.05, 0.1) is 12.2 Å². The number of aryl methyl sites for hydroxylation is 3. The summed E-state index contributed by atoms with van der Waals surface area (Å²) >= 11 is 0. The largest absolute Gasteiger partial charge is 0.360 e. The zero-order valence-electron chi connectivity index (χ0n) is 13.8. The van der Waals surface area contributed by atoms with Crippen molar-refractivity contribution in [3.05, 3.63) is 52.4 Å². The van der Waals surface area contributed by atoms with Crippen molar-refractivity contribution in [2.45, 2.75) is 33.9 Å². The van der Waals surface area contributed by atoms with Gasteiger partial charge in [0.15, 0.2) is 5.76 Å². The Morgan fingerprint density at radius 3 is 2.27 bits per heavy atom. The normalized spacial score (nSPS) is 17.0. The fourth-order valence-electron chi connectivity index (χ4n) is 3.03. The van der Waals surface area contributed by atoms with Crippen molar-refractivity contribution in [3.8, 4) is 0 Å². The van der Waals surface area contributed by atoms with Crippen molar-refractivity contribution < 1.29 is 4.52 Å². The SMILES string of the molecule is Cc1ccc(C)c(CN2CCN(Cc3cc(C)no3)CC2)c1. The summed E-state index contributed by atoms with van der Waals surface area (Å²) in [7, 11) is 0. The van der Waals surface area contributed by atoms with Gasteiger partial charge in [-0.05, 0) is 31.9 Å². The summed E-state index contributed by atoms with van der Waals surface area (Å²) in [5.74, 6) is 0.973. The molecule has 0 atom stereocenters. The number of aromatic nitrogens is 1. The van der Waals surface area contributed by atoms with Gasteiger partial charge in [-0.3, -0.25) is 9.80 Å². The van der Waals surface area contributed by atoms with E-state index in [1.807, 2.05) is 13.0 Å². The highest BCUT2D eigenvalue weighted by molar-refractivity contribution is 5.30. The first-order valence-electron chi connectivity index (χ1n) is 8.03. The maximum absolute atomic E-state index is 5.31. The molecule has 1 aliphatic heterocycles. The number of piperazine rings is 1. The molecule has 2 heterocycles. The maximum Gasteiger partial charge on any atom is 0.150 e. The van der Waals surface area contributed by atoms with Gasteiger partial charge in [-0.1, -0.05) is 28.9 Å². The fourth-order valence-corrected chi connectivity index (χ4v) is 3.03. The molecule has 4 nitrogen and oxygen atoms in total. The Morgan fingerprint density at radius 2 is 1.64 bits per heavy atom. The van der Waals surface area contributed by atoms with Crippen LogP contribution in [0.25, 0.3) is 0 Å². The predicted molar refractivity (Wildman–Crippen MR) is 87.7 cm³/mol. The highest BCUT2D eigenvalue weighted by Gasteiger charge is 2.18. The van der Waals surface area contributed by atoms with Crippen LogP contribution in [-0.4, -0.2) is 41.1 Å². The van der Waals surface area contributed by atoms with Crippen LogP contribution in [0, 0.1) is 20.8 Å². The van der Waals surface area contributed by atoms with Crippen molar-refractivity contribution in [1.29, 1.82) is 0 Å². The number of benzene rings is 1. The Morgan fingerprint density at radius 1 is 0.955 bits per heavy atom. The molecule has 1 aromatic heterocycles. The van der Waals surface area contributed by atoms with Gasteiger partial charge in [-0.2, -0.15) is 0 Å². The van der Waals surface area contributed by atoms with Crippen molar-refractivity contribution in [3.63, 3.8) is 0 Å². The molecule has 1 saturated heterocycles. The van der Waals surface area contributed by atoms with Crippen LogP contribution in [0.5, 0.6) is 0 Å². The second kappa shape index (κ2) is 6.63. The van der Waals surface area contributed by atoms with Crippen molar-refractivity contribution >= 4 is 0 Å². The third-order valence-electron chi connectivity index (χ3n) is 4.42. The first kappa shape index (κ1) is 15.3. The second-order valence-electron chi connectivity index (χ2n) is 6.42. The quantitative estimate of drug-likeness (QED) is 0.869. The van der Waals surface area contributed by atoms with Crippen LogP contribution in [0.2, 0.25) is 0 Å². The molecule has 1 aromatic carbocycles. The number of nitrogens with zero attached hydrogens (tertiary/aromatic N) is 3. The van der Waals surface area contributed by atoms with Gasteiger partial charge in [0.1, 0.15) is 0 Å². The molecular formula is C18H25N3O. The van der Waals surface area contributed by atoms with E-state index in [0.29, 0.717) is 0 Å². The lowest BCUT2D eigenvalue weighted by molar-refractivity contribution is 0.113. The molecule has 0 radical (unpaired) electrons. The molecule has 0 bridgehead atoms. The third-order valence-corrected chi connectivity index (χ3v) is 4.42. The van der Waals surface area contributed by atoms with Crippen LogP contribution in [0.4, 0.5) is 0 Å². The summed E-state index contributed by atoms with van der Waals surface area (Å²) in [6, 6.07) is 8.77. The van der Waals surface area contributed by atoms with Gasteiger partial charge in [0, 0.05) is 38.8 Å². The molecule has 0 spiro atoms. The maximum atomic E-state index is 5.31. The van der Waals surface area contributed by atoms with Crippen LogP contribution < -0.4 is 0 Å². The van der Waals surface area contributed by atoms with Crippen LogP contribution in [0.3, 0.4) is 0 Å². The topological polar surface area (TPSA) is 32.5 Å². The summed E-state index contributed by atoms with van der Waals surface area (Å²) in [6.45, 7) is 12.7. The minimum absolute atomic E-state index is 0.873. The van der Waals surface area contributed by atoms with E-state index in [-0.39, 0.29) is 0 Å². The molecule has 0 saturated carbocycles. The Balaban J connectivity index is 1.52. The van der Waals surface area contributed by atoms with E-state index in [1.165, 1.54) is 16.7 Å². The van der Waals surface area contributed by atoms with Crippen molar-refractivity contribution in [1.82, 2.24) is 15.0 Å². The lowest BCUT2D eigenvalue weighted by Crippen LogP contribution is -2.45. The van der Waals surface area contributed by atoms with E-state index < -0.39 is 0 Å². The summed E-state index contributed by atoms with van der Waals surface area (Å²) in [5, 5.41) is 3.96. The lowest BCUT2D eigenvalue weighted by Gasteiger charge is -2.34. The molecule has 0 N–H and O–H groups in total. The minimum Gasteiger partial charge on any atom is -0.360 e. The Kier molecular flexibility index (Phi) is 4.60. The molecule has 1 aliphatic rings. The standard InChI is InChI=1S/C18H25N3O/c1-14-4-5-15(2)17(10-14)12-20-6-8-21(9-7-20)13-18-11-16(3)19-22-18/h4-5,10-11H,6-9,12-13H2,1-3H3. The van der Waals surface area contributed by atoms with Crippen molar-refractivity contribution in [2.24, 2.45) is 0 Å². The van der Waals surface area contributed by atoms with Gasteiger partial charge in [0.2, 0.25) is 0 Å². The first-order valence-corrected chi connectivity index (χ1v) is 8.03. The zero-order chi connectivity index (χ0) is 15.5. The van der Waals surface area contributed by atoms with E-state index >= 15 is 0 Å². The molecule has 4 heteroatoms. The van der Waals surface area contributed by atoms with Crippen LogP contribution >= 0.6 is 0 Å². The van der Waals surface area contributed by atoms with E-state index in [1.54, 1.807) is 0 Å². The van der Waals surface area contributed by atoms with Crippen LogP contribution in [0.15, 0.2) is 28.8 Å². The third kappa shape index (κ3) is 3.76. The van der Waals surface area contributed by atoms with E-state index in [2.05, 4.69) is 47.0 Å². The van der Waals surface area contributed by atoms with Gasteiger partial charge < -0.3 is 4.52 Å². The first-order chi connectivity index (χ1) is 10.6. The summed E-state index contributed by atoms with van der Waals surface area (Å²) < 4.78 is 5.31. The number of hydrogen-bond donors (Lipinski definition) is 0. The smallest absolute Gasteiger partial charge is 0.150 e. The van der Waals surface area contributed by atoms with Gasteiger partial charge in [-0.15, -0.1) is 0 Å². The average Bonchev–Trinajstić information content (AvgIpc) is 2.90. The highest BCUT2D eigenvalue weighted by Crippen LogP contribution is 2.16. The summed E-state index contributed by atoms with van der Waals surface area (Å²) in [5.41, 5.74) is 5.16. The molecule has 22 heavy (non-hydrogen) atoms. The molecule has 3 rings (SSSR count). The molecule has 0 unspecified atom stereocenters. The highest BCUT2D eigenvalue weighted by atomic mass is 16.5. The Hall–Kier alpha value is -1.65. The average molecular weight is 299 g/mol. The Bertz CT molecular complexity index is 627. The summed E-state index contributed by atoms with van der Waals surface area (Å²) in [6.07, 6.45) is 0. The van der Waals surface area contributed by atoms with Gasteiger partial charge in [0.25, 0.3) is 0 Å². The van der Waals surface area contributed by atoms with E-state index in [0.717, 1.165) is 50.7 Å². The number of rotatable bonds is 4. The van der Waals surface area contributed by atoms with Crippen LogP contribution in [-0.2, 0) is 13.1 Å². The number of hydrogen-bond acceptors (Lipinski definition) is 4. The molecule has 0 aliphatic carbocycles. The monoisotopic (exact) mass is 299 g/mol. The lowest BCUT2D eigenvalue weighted by atomic mass is 10.0. The van der Waals surface area contributed by atoms with Gasteiger partial charge in [-0.25, -0.2) is 0 Å². The Labute approximate surface area is 132 Å². The molecule has 2 aromatic rings. The van der Waals surface area contributed by atoms with E-state index in [9.17, 15) is 0 Å². The molecule has 1 fully saturated rings. The zero-order valence-corrected chi connectivity index (χ0v) is 13.8. The second-order valence-corrected chi connectivity index (χ2v) is 6.42. The van der Waals surface area contributed by atoms with Crippen molar-refractivity contribution in [2.75, 3.05) is 26.2 Å². The molecular weight excluding hydrogens is 274 g/mol. The predicted octanol–water partition coefficient (Wildman–Crippen LogP) is 2.92.